The zero-order chi connectivity index (χ0) is 17.4. The molecule has 4 rings (SSSR count). The molecule has 2 aromatic heterocycles. The van der Waals surface area contributed by atoms with Crippen molar-refractivity contribution in [2.75, 3.05) is 6.26 Å². The van der Waals surface area contributed by atoms with Gasteiger partial charge in [0, 0.05) is 41.4 Å². The van der Waals surface area contributed by atoms with Crippen molar-refractivity contribution in [3.05, 3.63) is 72.9 Å². The van der Waals surface area contributed by atoms with Crippen molar-refractivity contribution in [2.24, 2.45) is 0 Å². The molecule has 1 unspecified atom stereocenters. The molecule has 0 saturated heterocycles. The Bertz CT molecular complexity index is 1090. The van der Waals surface area contributed by atoms with E-state index in [1.54, 1.807) is 47.6 Å². The van der Waals surface area contributed by atoms with E-state index < -0.39 is 10.8 Å². The molecule has 0 aliphatic rings. The van der Waals surface area contributed by atoms with E-state index in [1.165, 1.54) is 6.07 Å². The highest BCUT2D eigenvalue weighted by atomic mass is 32.2. The summed E-state index contributed by atoms with van der Waals surface area (Å²) in [5.41, 5.74) is 1.95. The number of rotatable bonds is 3. The number of halogens is 1. The smallest absolute Gasteiger partial charge is 0.234 e. The number of benzene rings is 2. The zero-order valence-corrected chi connectivity index (χ0v) is 14.2. The molecule has 2 aromatic carbocycles. The zero-order valence-electron chi connectivity index (χ0n) is 13.4. The van der Waals surface area contributed by atoms with E-state index in [0.717, 1.165) is 15.8 Å². The molecule has 4 nitrogen and oxygen atoms in total. The van der Waals surface area contributed by atoms with Crippen LogP contribution in [0.5, 0.6) is 0 Å². The minimum absolute atomic E-state index is 0.311. The third-order valence-electron chi connectivity index (χ3n) is 4.02. The van der Waals surface area contributed by atoms with Crippen LogP contribution in [-0.4, -0.2) is 25.0 Å². The molecule has 0 fully saturated rings. The van der Waals surface area contributed by atoms with Gasteiger partial charge in [0.05, 0.1) is 21.2 Å². The fourth-order valence-corrected chi connectivity index (χ4v) is 3.56. The third-order valence-corrected chi connectivity index (χ3v) is 4.97. The fraction of sp³-hybridized carbons (Fsp3) is 0.0526. The van der Waals surface area contributed by atoms with Crippen LogP contribution in [-0.2, 0) is 10.8 Å². The summed E-state index contributed by atoms with van der Waals surface area (Å²) in [5, 5.41) is 0.908. The molecule has 1 atom stereocenters. The Hall–Kier alpha value is -2.86. The minimum atomic E-state index is -1.12. The van der Waals surface area contributed by atoms with Gasteiger partial charge >= 0.3 is 0 Å². The summed E-state index contributed by atoms with van der Waals surface area (Å²) in [5.74, 6) is 0.141. The molecule has 25 heavy (non-hydrogen) atoms. The number of nitrogens with zero attached hydrogens (tertiary/aromatic N) is 3. The molecule has 6 heteroatoms. The lowest BCUT2D eigenvalue weighted by Crippen LogP contribution is -1.99. The second kappa shape index (κ2) is 6.22. The normalized spacial score (nSPS) is 12.4. The topological polar surface area (TPSA) is 47.8 Å². The van der Waals surface area contributed by atoms with E-state index in [4.69, 9.17) is 0 Å². The van der Waals surface area contributed by atoms with Gasteiger partial charge in [-0.25, -0.2) is 14.4 Å². The molecule has 0 aliphatic carbocycles. The van der Waals surface area contributed by atoms with Crippen LogP contribution < -0.4 is 0 Å². The first-order valence-electron chi connectivity index (χ1n) is 7.66. The molecule has 4 aromatic rings. The average molecular weight is 351 g/mol. The van der Waals surface area contributed by atoms with Crippen molar-refractivity contribution in [3.63, 3.8) is 0 Å². The van der Waals surface area contributed by atoms with Gasteiger partial charge in [0.2, 0.25) is 5.95 Å². The summed E-state index contributed by atoms with van der Waals surface area (Å²) in [7, 11) is -1.12. The number of fused-ring (bicyclic) bond motifs is 1. The van der Waals surface area contributed by atoms with Crippen molar-refractivity contribution >= 4 is 21.7 Å². The van der Waals surface area contributed by atoms with E-state index >= 15 is 0 Å². The predicted molar refractivity (Wildman–Crippen MR) is 96.6 cm³/mol. The second-order valence-corrected chi connectivity index (χ2v) is 6.93. The van der Waals surface area contributed by atoms with Crippen LogP contribution in [0.4, 0.5) is 4.39 Å². The molecule has 0 saturated carbocycles. The summed E-state index contributed by atoms with van der Waals surface area (Å²) in [6, 6.07) is 14.2. The highest BCUT2D eigenvalue weighted by molar-refractivity contribution is 7.84. The van der Waals surface area contributed by atoms with Crippen molar-refractivity contribution in [2.45, 2.75) is 4.90 Å². The maximum atomic E-state index is 13.9. The second-order valence-electron chi connectivity index (χ2n) is 5.59. The standard InChI is InChI=1S/C19H14FN3OS/c1-25(24)18-12-23(17-9-5-3-7-15(17)18)19-21-10-13(11-22-19)14-6-2-4-8-16(14)20/h2-12H,1H3. The third kappa shape index (κ3) is 2.74. The quantitative estimate of drug-likeness (QED) is 0.561. The highest BCUT2D eigenvalue weighted by Crippen LogP contribution is 2.26. The van der Waals surface area contributed by atoms with Gasteiger partial charge in [-0.15, -0.1) is 0 Å². The molecule has 0 radical (unpaired) electrons. The molecule has 0 aliphatic heterocycles. The van der Waals surface area contributed by atoms with Crippen molar-refractivity contribution in [1.82, 2.24) is 14.5 Å². The van der Waals surface area contributed by atoms with E-state index in [2.05, 4.69) is 9.97 Å². The van der Waals surface area contributed by atoms with Crippen LogP contribution >= 0.6 is 0 Å². The number of hydrogen-bond acceptors (Lipinski definition) is 3. The largest absolute Gasteiger partial charge is 0.284 e. The number of para-hydroxylation sites is 1. The lowest BCUT2D eigenvalue weighted by atomic mass is 10.1. The summed E-state index contributed by atoms with van der Waals surface area (Å²) >= 11 is 0. The first kappa shape index (κ1) is 15.7. The highest BCUT2D eigenvalue weighted by Gasteiger charge is 2.14. The SMILES string of the molecule is CS(=O)c1cn(-c2ncc(-c3ccccc3F)cn2)c2ccccc12. The van der Waals surface area contributed by atoms with Crippen molar-refractivity contribution in [3.8, 4) is 17.1 Å². The Balaban J connectivity index is 1.83. The summed E-state index contributed by atoms with van der Waals surface area (Å²) in [6.45, 7) is 0. The first-order valence-corrected chi connectivity index (χ1v) is 9.22. The molecule has 2 heterocycles. The maximum Gasteiger partial charge on any atom is 0.234 e. The van der Waals surface area contributed by atoms with Crippen LogP contribution in [0.15, 0.2) is 72.0 Å². The Labute approximate surface area is 146 Å². The first-order chi connectivity index (χ1) is 12.1. The number of hydrogen-bond donors (Lipinski definition) is 0. The summed E-state index contributed by atoms with van der Waals surface area (Å²) in [6.07, 6.45) is 6.63. The van der Waals surface area contributed by atoms with Gasteiger partial charge in [0.25, 0.3) is 0 Å². The van der Waals surface area contributed by atoms with Crippen molar-refractivity contribution < 1.29 is 8.60 Å². The lowest BCUT2D eigenvalue weighted by Gasteiger charge is -2.06. The van der Waals surface area contributed by atoms with Gasteiger partial charge in [0.15, 0.2) is 0 Å². The van der Waals surface area contributed by atoms with Gasteiger partial charge < -0.3 is 0 Å². The van der Waals surface area contributed by atoms with Gasteiger partial charge in [-0.05, 0) is 12.1 Å². The van der Waals surface area contributed by atoms with Gasteiger partial charge in [-0.1, -0.05) is 36.4 Å². The molecule has 0 N–H and O–H groups in total. The maximum absolute atomic E-state index is 13.9. The molecule has 0 amide bonds. The molecule has 124 valence electrons. The molecule has 0 spiro atoms. The predicted octanol–water partition coefficient (Wildman–Crippen LogP) is 3.96. The van der Waals surface area contributed by atoms with Crippen molar-refractivity contribution in [1.29, 1.82) is 0 Å². The molecular formula is C19H14FN3OS. The van der Waals surface area contributed by atoms with E-state index in [-0.39, 0.29) is 5.82 Å². The van der Waals surface area contributed by atoms with E-state index in [1.807, 2.05) is 24.3 Å². The van der Waals surface area contributed by atoms with Gasteiger partial charge in [-0.3, -0.25) is 8.78 Å². The van der Waals surface area contributed by atoms with Crippen LogP contribution in [0.3, 0.4) is 0 Å². The molecule has 0 bridgehead atoms. The average Bonchev–Trinajstić information content (AvgIpc) is 3.02. The van der Waals surface area contributed by atoms with Crippen LogP contribution in [0.2, 0.25) is 0 Å². The monoisotopic (exact) mass is 351 g/mol. The van der Waals surface area contributed by atoms with Gasteiger partial charge in [0.1, 0.15) is 5.82 Å². The van der Waals surface area contributed by atoms with Crippen LogP contribution in [0.25, 0.3) is 28.0 Å². The number of aromatic nitrogens is 3. The molecular weight excluding hydrogens is 337 g/mol. The summed E-state index contributed by atoms with van der Waals surface area (Å²) < 4.78 is 27.7. The van der Waals surface area contributed by atoms with Crippen LogP contribution in [0, 0.1) is 5.82 Å². The fourth-order valence-electron chi connectivity index (χ4n) is 2.82. The van der Waals surface area contributed by atoms with Gasteiger partial charge in [-0.2, -0.15) is 0 Å². The summed E-state index contributed by atoms with van der Waals surface area (Å²) in [4.78, 5) is 9.48. The Morgan fingerprint density at radius 3 is 2.40 bits per heavy atom. The van der Waals surface area contributed by atoms with E-state index in [0.29, 0.717) is 17.1 Å². The van der Waals surface area contributed by atoms with Crippen LogP contribution in [0.1, 0.15) is 0 Å². The minimum Gasteiger partial charge on any atom is -0.284 e. The Kier molecular flexibility index (Phi) is 3.89. The lowest BCUT2D eigenvalue weighted by molar-refractivity contribution is 0.631. The van der Waals surface area contributed by atoms with E-state index in [9.17, 15) is 8.60 Å². The Morgan fingerprint density at radius 1 is 1.00 bits per heavy atom. The Morgan fingerprint density at radius 2 is 1.68 bits per heavy atom.